The van der Waals surface area contributed by atoms with E-state index < -0.39 is 0 Å². The van der Waals surface area contributed by atoms with E-state index in [1.54, 1.807) is 18.2 Å². The van der Waals surface area contributed by atoms with Crippen LogP contribution in [0, 0.1) is 5.82 Å². The molecule has 0 unspecified atom stereocenters. The molecule has 0 aromatic heterocycles. The van der Waals surface area contributed by atoms with Crippen LogP contribution in [0.2, 0.25) is 0 Å². The van der Waals surface area contributed by atoms with E-state index in [0.29, 0.717) is 26.0 Å². The van der Waals surface area contributed by atoms with Crippen molar-refractivity contribution in [3.05, 3.63) is 56.2 Å². The first kappa shape index (κ1) is 16.0. The number of carbonyl (C=O) groups excluding carboxylic acids is 1. The summed E-state index contributed by atoms with van der Waals surface area (Å²) in [6.07, 6.45) is 0.723. The van der Waals surface area contributed by atoms with Gasteiger partial charge in [-0.2, -0.15) is 0 Å². The summed E-state index contributed by atoms with van der Waals surface area (Å²) in [5, 5.41) is 0. The van der Waals surface area contributed by atoms with Crippen LogP contribution in [0.25, 0.3) is 0 Å². The molecule has 0 heterocycles. The molecule has 2 aromatic carbocycles. The zero-order chi connectivity index (χ0) is 15.4. The summed E-state index contributed by atoms with van der Waals surface area (Å²) in [4.78, 5) is 11.0. The molecule has 0 saturated heterocycles. The van der Waals surface area contributed by atoms with Crippen molar-refractivity contribution in [2.24, 2.45) is 0 Å². The predicted octanol–water partition coefficient (Wildman–Crippen LogP) is 4.75. The molecule has 0 aliphatic carbocycles. The first-order chi connectivity index (χ1) is 10.1. The van der Waals surface area contributed by atoms with Crippen LogP contribution >= 0.6 is 31.9 Å². The Bertz CT molecular complexity index is 657. The number of benzene rings is 2. The molecule has 0 N–H and O–H groups in total. The molecule has 0 radical (unpaired) electrons. The standard InChI is InChI=1S/C15H11Br2FO3/c1-20-12-6-10(7-19)13(16)14(17)15(12)21-8-9-2-4-11(18)5-3-9/h2-7H,8H2,1H3. The average molecular weight is 418 g/mol. The van der Waals surface area contributed by atoms with E-state index in [2.05, 4.69) is 31.9 Å². The molecule has 0 saturated carbocycles. The fourth-order valence-corrected chi connectivity index (χ4v) is 2.64. The van der Waals surface area contributed by atoms with Gasteiger partial charge in [-0.3, -0.25) is 4.79 Å². The lowest BCUT2D eigenvalue weighted by molar-refractivity contribution is 0.112. The quantitative estimate of drug-likeness (QED) is 0.658. The number of aldehydes is 1. The topological polar surface area (TPSA) is 35.5 Å². The summed E-state index contributed by atoms with van der Waals surface area (Å²) >= 11 is 6.70. The van der Waals surface area contributed by atoms with Gasteiger partial charge in [0.25, 0.3) is 0 Å². The van der Waals surface area contributed by atoms with Crippen molar-refractivity contribution >= 4 is 38.1 Å². The van der Waals surface area contributed by atoms with Gasteiger partial charge in [0, 0.05) is 10.0 Å². The lowest BCUT2D eigenvalue weighted by Crippen LogP contribution is -2.00. The molecule has 0 amide bonds. The van der Waals surface area contributed by atoms with E-state index in [9.17, 15) is 9.18 Å². The highest BCUT2D eigenvalue weighted by Crippen LogP contribution is 2.42. The van der Waals surface area contributed by atoms with E-state index >= 15 is 0 Å². The number of hydrogen-bond donors (Lipinski definition) is 0. The highest BCUT2D eigenvalue weighted by atomic mass is 79.9. The largest absolute Gasteiger partial charge is 0.493 e. The van der Waals surface area contributed by atoms with Gasteiger partial charge in [-0.15, -0.1) is 0 Å². The normalized spacial score (nSPS) is 10.3. The minimum atomic E-state index is -0.296. The average Bonchev–Trinajstić information content (AvgIpc) is 2.50. The van der Waals surface area contributed by atoms with Gasteiger partial charge >= 0.3 is 0 Å². The van der Waals surface area contributed by atoms with Crippen LogP contribution in [0.3, 0.4) is 0 Å². The third-order valence-electron chi connectivity index (χ3n) is 2.80. The number of hydrogen-bond acceptors (Lipinski definition) is 3. The molecule has 3 nitrogen and oxygen atoms in total. The number of methoxy groups -OCH3 is 1. The fraction of sp³-hybridized carbons (Fsp3) is 0.133. The van der Waals surface area contributed by atoms with Gasteiger partial charge in [-0.05, 0) is 55.6 Å². The molecule has 0 aliphatic heterocycles. The molecule has 0 spiro atoms. The van der Waals surface area contributed by atoms with Gasteiger partial charge in [0.1, 0.15) is 12.4 Å². The third kappa shape index (κ3) is 3.63. The molecule has 0 bridgehead atoms. The van der Waals surface area contributed by atoms with Gasteiger partial charge in [0.2, 0.25) is 0 Å². The zero-order valence-electron chi connectivity index (χ0n) is 11.0. The van der Waals surface area contributed by atoms with Gasteiger partial charge in [0.15, 0.2) is 17.8 Å². The lowest BCUT2D eigenvalue weighted by Gasteiger charge is -2.15. The molecule has 21 heavy (non-hydrogen) atoms. The van der Waals surface area contributed by atoms with Crippen LogP contribution in [0.15, 0.2) is 39.3 Å². The Morgan fingerprint density at radius 2 is 1.86 bits per heavy atom. The van der Waals surface area contributed by atoms with Crippen molar-refractivity contribution < 1.29 is 18.7 Å². The highest BCUT2D eigenvalue weighted by molar-refractivity contribution is 9.13. The smallest absolute Gasteiger partial charge is 0.177 e. The van der Waals surface area contributed by atoms with Crippen LogP contribution in [0.4, 0.5) is 4.39 Å². The summed E-state index contributed by atoms with van der Waals surface area (Å²) in [5.74, 6) is 0.615. The fourth-order valence-electron chi connectivity index (χ4n) is 1.71. The zero-order valence-corrected chi connectivity index (χ0v) is 14.2. The summed E-state index contributed by atoms with van der Waals surface area (Å²) in [6, 6.07) is 7.61. The van der Waals surface area contributed by atoms with Crippen LogP contribution in [0.5, 0.6) is 11.5 Å². The Labute approximate surface area is 138 Å². The van der Waals surface area contributed by atoms with E-state index in [4.69, 9.17) is 9.47 Å². The van der Waals surface area contributed by atoms with Gasteiger partial charge in [-0.1, -0.05) is 12.1 Å². The van der Waals surface area contributed by atoms with Crippen molar-refractivity contribution in [1.29, 1.82) is 0 Å². The molecule has 0 aliphatic rings. The van der Waals surface area contributed by atoms with Crippen LogP contribution in [-0.4, -0.2) is 13.4 Å². The summed E-state index contributed by atoms with van der Waals surface area (Å²) in [5.41, 5.74) is 1.27. The number of ether oxygens (including phenoxy) is 2. The molecule has 2 rings (SSSR count). The maximum Gasteiger partial charge on any atom is 0.177 e. The minimum Gasteiger partial charge on any atom is -0.493 e. The first-order valence-corrected chi connectivity index (χ1v) is 7.53. The third-order valence-corrected chi connectivity index (χ3v) is 4.94. The number of rotatable bonds is 5. The highest BCUT2D eigenvalue weighted by Gasteiger charge is 2.17. The van der Waals surface area contributed by atoms with Crippen molar-refractivity contribution in [3.63, 3.8) is 0 Å². The van der Waals surface area contributed by atoms with Crippen molar-refractivity contribution in [1.82, 2.24) is 0 Å². The van der Waals surface area contributed by atoms with Crippen molar-refractivity contribution in [2.75, 3.05) is 7.11 Å². The van der Waals surface area contributed by atoms with Crippen LogP contribution in [0.1, 0.15) is 15.9 Å². The second-order valence-electron chi connectivity index (χ2n) is 4.16. The molecule has 110 valence electrons. The molecule has 0 fully saturated rings. The van der Waals surface area contributed by atoms with Crippen LogP contribution < -0.4 is 9.47 Å². The maximum atomic E-state index is 12.9. The van der Waals surface area contributed by atoms with Crippen molar-refractivity contribution in [2.45, 2.75) is 6.61 Å². The Morgan fingerprint density at radius 1 is 1.19 bits per heavy atom. The Morgan fingerprint density at radius 3 is 2.43 bits per heavy atom. The Kier molecular flexibility index (Phi) is 5.36. The predicted molar refractivity (Wildman–Crippen MR) is 84.5 cm³/mol. The monoisotopic (exact) mass is 416 g/mol. The second-order valence-corrected chi connectivity index (χ2v) is 5.74. The molecule has 6 heteroatoms. The first-order valence-electron chi connectivity index (χ1n) is 5.95. The lowest BCUT2D eigenvalue weighted by atomic mass is 10.2. The summed E-state index contributed by atoms with van der Waals surface area (Å²) in [6.45, 7) is 0.252. The summed E-state index contributed by atoms with van der Waals surface area (Å²) in [7, 11) is 1.50. The number of carbonyl (C=O) groups is 1. The Hall–Kier alpha value is -1.40. The van der Waals surface area contributed by atoms with Gasteiger partial charge in [-0.25, -0.2) is 4.39 Å². The number of halogens is 3. The second kappa shape index (κ2) is 7.04. The van der Waals surface area contributed by atoms with E-state index in [0.717, 1.165) is 11.8 Å². The van der Waals surface area contributed by atoms with Gasteiger partial charge < -0.3 is 9.47 Å². The SMILES string of the molecule is COc1cc(C=O)c(Br)c(Br)c1OCc1ccc(F)cc1. The van der Waals surface area contributed by atoms with Crippen LogP contribution in [-0.2, 0) is 6.61 Å². The van der Waals surface area contributed by atoms with E-state index in [1.165, 1.54) is 19.2 Å². The molecule has 0 atom stereocenters. The van der Waals surface area contributed by atoms with Crippen molar-refractivity contribution in [3.8, 4) is 11.5 Å². The molecular weight excluding hydrogens is 407 g/mol. The molecular formula is C15H11Br2FO3. The molecule has 2 aromatic rings. The van der Waals surface area contributed by atoms with Gasteiger partial charge in [0.05, 0.1) is 11.6 Å². The maximum absolute atomic E-state index is 12.9. The van der Waals surface area contributed by atoms with E-state index in [-0.39, 0.29) is 12.4 Å². The Balaban J connectivity index is 2.28. The summed E-state index contributed by atoms with van der Waals surface area (Å²) < 4.78 is 25.0. The van der Waals surface area contributed by atoms with E-state index in [1.807, 2.05) is 0 Å². The minimum absolute atomic E-state index is 0.252.